The van der Waals surface area contributed by atoms with Crippen molar-refractivity contribution in [2.75, 3.05) is 19.7 Å². The van der Waals surface area contributed by atoms with E-state index in [0.29, 0.717) is 19.4 Å². The summed E-state index contributed by atoms with van der Waals surface area (Å²) in [5, 5.41) is 24.5. The Morgan fingerprint density at radius 1 is 0.897 bits per heavy atom. The Bertz CT molecular complexity index is 586. The summed E-state index contributed by atoms with van der Waals surface area (Å²) in [6.45, 7) is -0.918. The zero-order chi connectivity index (χ0) is 22.4. The van der Waals surface area contributed by atoms with Crippen LogP contribution in [0.15, 0.2) is 0 Å². The first kappa shape index (κ1) is 26.2. The van der Waals surface area contributed by atoms with Crippen LogP contribution in [0.2, 0.25) is 0 Å². The topological polar surface area (TPSA) is 240 Å². The van der Waals surface area contributed by atoms with Crippen molar-refractivity contribution in [3.05, 3.63) is 0 Å². The minimum absolute atomic E-state index is 0.155. The Morgan fingerprint density at radius 2 is 1.48 bits per heavy atom. The molecule has 0 bridgehead atoms. The molecule has 0 spiro atoms. The molecule has 0 aliphatic rings. The van der Waals surface area contributed by atoms with Gasteiger partial charge >= 0.3 is 5.97 Å². The maximum atomic E-state index is 12.6. The van der Waals surface area contributed by atoms with Crippen LogP contribution >= 0.6 is 0 Å². The van der Waals surface area contributed by atoms with Gasteiger partial charge in [0, 0.05) is 6.42 Å². The van der Waals surface area contributed by atoms with E-state index < -0.39 is 60.9 Å². The minimum Gasteiger partial charge on any atom is -0.480 e. The molecule has 0 aliphatic heterocycles. The Kier molecular flexibility index (Phi) is 12.9. The quantitative estimate of drug-likeness (QED) is 0.120. The molecule has 3 unspecified atom stereocenters. The number of nitrogens with two attached hydrogens (primary N) is 3. The summed E-state index contributed by atoms with van der Waals surface area (Å²) in [5.41, 5.74) is 15.9. The third-order valence-corrected chi connectivity index (χ3v) is 3.84. The van der Waals surface area contributed by atoms with E-state index in [0.717, 1.165) is 0 Å². The summed E-state index contributed by atoms with van der Waals surface area (Å²) in [5.74, 6) is -4.29. The predicted octanol–water partition coefficient (Wildman–Crippen LogP) is -4.13. The highest BCUT2D eigenvalue weighted by Gasteiger charge is 2.28. The van der Waals surface area contributed by atoms with Gasteiger partial charge in [-0.1, -0.05) is 0 Å². The molecule has 0 aromatic carbocycles. The summed E-state index contributed by atoms with van der Waals surface area (Å²) in [6.07, 6.45) is 0.857. The van der Waals surface area contributed by atoms with Crippen molar-refractivity contribution in [1.29, 1.82) is 0 Å². The fraction of sp³-hybridized carbons (Fsp3) is 0.688. The number of hydrogen-bond donors (Lipinski definition) is 8. The van der Waals surface area contributed by atoms with Crippen molar-refractivity contribution < 1.29 is 34.2 Å². The zero-order valence-electron chi connectivity index (χ0n) is 16.1. The van der Waals surface area contributed by atoms with Gasteiger partial charge in [-0.3, -0.25) is 24.0 Å². The van der Waals surface area contributed by atoms with Gasteiger partial charge in [-0.05, 0) is 32.2 Å². The van der Waals surface area contributed by atoms with E-state index >= 15 is 0 Å². The summed E-state index contributed by atoms with van der Waals surface area (Å²) in [6, 6.07) is -3.59. The molecule has 13 nitrogen and oxygen atoms in total. The predicted molar refractivity (Wildman–Crippen MR) is 101 cm³/mol. The number of primary amides is 1. The number of nitrogens with one attached hydrogen (secondary N) is 3. The second kappa shape index (κ2) is 14.3. The maximum absolute atomic E-state index is 12.6. The van der Waals surface area contributed by atoms with Crippen molar-refractivity contribution in [2.24, 2.45) is 17.2 Å². The number of rotatable bonds is 15. The Labute approximate surface area is 167 Å². The second-order valence-corrected chi connectivity index (χ2v) is 6.31. The summed E-state index contributed by atoms with van der Waals surface area (Å²) >= 11 is 0. The number of carboxylic acids is 1. The van der Waals surface area contributed by atoms with Crippen LogP contribution in [0.25, 0.3) is 0 Å². The number of aliphatic hydroxyl groups excluding tert-OH is 1. The first-order valence-corrected chi connectivity index (χ1v) is 9.07. The SMILES string of the molecule is NCCCCC(NC(=O)C(CCC(N)=O)NC(=O)C(N)CO)C(=O)NCC(=O)O. The van der Waals surface area contributed by atoms with Gasteiger partial charge in [0.2, 0.25) is 23.6 Å². The first-order valence-electron chi connectivity index (χ1n) is 9.07. The average molecular weight is 418 g/mol. The second-order valence-electron chi connectivity index (χ2n) is 6.31. The molecule has 0 aromatic heterocycles. The number of carbonyl (C=O) groups is 5. The Hall–Kier alpha value is -2.77. The molecule has 0 radical (unpaired) electrons. The normalized spacial score (nSPS) is 13.6. The van der Waals surface area contributed by atoms with Gasteiger partial charge in [-0.25, -0.2) is 0 Å². The van der Waals surface area contributed by atoms with E-state index in [2.05, 4.69) is 16.0 Å². The van der Waals surface area contributed by atoms with E-state index in [1.807, 2.05) is 0 Å². The molecule has 0 aliphatic carbocycles. The van der Waals surface area contributed by atoms with Gasteiger partial charge in [-0.2, -0.15) is 0 Å². The van der Waals surface area contributed by atoms with Crippen LogP contribution in [0.3, 0.4) is 0 Å². The summed E-state index contributed by atoms with van der Waals surface area (Å²) in [7, 11) is 0. The lowest BCUT2D eigenvalue weighted by molar-refractivity contribution is -0.138. The number of aliphatic carboxylic acids is 1. The van der Waals surface area contributed by atoms with E-state index in [4.69, 9.17) is 27.4 Å². The maximum Gasteiger partial charge on any atom is 0.322 e. The Morgan fingerprint density at radius 3 is 2.00 bits per heavy atom. The molecule has 13 heteroatoms. The lowest BCUT2D eigenvalue weighted by Crippen LogP contribution is -2.56. The van der Waals surface area contributed by atoms with E-state index in [1.54, 1.807) is 0 Å². The largest absolute Gasteiger partial charge is 0.480 e. The molecule has 0 saturated heterocycles. The molecule has 166 valence electrons. The van der Waals surface area contributed by atoms with Crippen LogP contribution in [0.1, 0.15) is 32.1 Å². The van der Waals surface area contributed by atoms with E-state index in [-0.39, 0.29) is 19.3 Å². The lowest BCUT2D eigenvalue weighted by atomic mass is 10.1. The molecule has 3 atom stereocenters. The van der Waals surface area contributed by atoms with Crippen LogP contribution in [0.4, 0.5) is 0 Å². The third-order valence-electron chi connectivity index (χ3n) is 3.84. The first-order chi connectivity index (χ1) is 13.6. The number of aliphatic hydroxyl groups is 1. The number of amides is 4. The molecule has 0 rings (SSSR count). The number of unbranched alkanes of at least 4 members (excludes halogenated alkanes) is 1. The monoisotopic (exact) mass is 418 g/mol. The molecule has 0 heterocycles. The zero-order valence-corrected chi connectivity index (χ0v) is 16.1. The fourth-order valence-electron chi connectivity index (χ4n) is 2.24. The Balaban J connectivity index is 5.21. The van der Waals surface area contributed by atoms with Gasteiger partial charge in [0.1, 0.15) is 24.7 Å². The molecule has 29 heavy (non-hydrogen) atoms. The highest BCUT2D eigenvalue weighted by molar-refractivity contribution is 5.94. The molecule has 0 fully saturated rings. The van der Waals surface area contributed by atoms with E-state index in [9.17, 15) is 24.0 Å². The van der Waals surface area contributed by atoms with Crippen molar-refractivity contribution in [1.82, 2.24) is 16.0 Å². The van der Waals surface area contributed by atoms with Crippen LogP contribution < -0.4 is 33.2 Å². The van der Waals surface area contributed by atoms with Crippen LogP contribution in [0, 0.1) is 0 Å². The summed E-state index contributed by atoms with van der Waals surface area (Å²) in [4.78, 5) is 58.4. The van der Waals surface area contributed by atoms with Crippen LogP contribution in [-0.4, -0.2) is 77.6 Å². The van der Waals surface area contributed by atoms with Gasteiger partial charge in [0.25, 0.3) is 0 Å². The number of hydrogen-bond acceptors (Lipinski definition) is 8. The molecule has 11 N–H and O–H groups in total. The lowest BCUT2D eigenvalue weighted by Gasteiger charge is -2.23. The molecule has 4 amide bonds. The van der Waals surface area contributed by atoms with Gasteiger partial charge in [0.05, 0.1) is 6.61 Å². The van der Waals surface area contributed by atoms with Crippen molar-refractivity contribution in [3.63, 3.8) is 0 Å². The van der Waals surface area contributed by atoms with Crippen LogP contribution in [0.5, 0.6) is 0 Å². The van der Waals surface area contributed by atoms with Crippen molar-refractivity contribution in [3.8, 4) is 0 Å². The standard InChI is InChI=1S/C16H30N6O7/c17-6-2-1-3-10(15(28)20-7-13(25)26)22-16(29)11(4-5-12(19)24)21-14(27)9(18)8-23/h9-11,23H,1-8,17-18H2,(H2,19,24)(H,20,28)(H,21,27)(H,22,29)(H,25,26). The van der Waals surface area contributed by atoms with E-state index in [1.165, 1.54) is 0 Å². The van der Waals surface area contributed by atoms with Crippen molar-refractivity contribution >= 4 is 29.6 Å². The van der Waals surface area contributed by atoms with Crippen LogP contribution in [-0.2, 0) is 24.0 Å². The highest BCUT2D eigenvalue weighted by atomic mass is 16.4. The smallest absolute Gasteiger partial charge is 0.322 e. The number of carboxylic acid groups (broad SMARTS) is 1. The summed E-state index contributed by atoms with van der Waals surface area (Å²) < 4.78 is 0. The molecular formula is C16H30N6O7. The van der Waals surface area contributed by atoms with Gasteiger partial charge < -0.3 is 43.4 Å². The molecule has 0 saturated carbocycles. The minimum atomic E-state index is -1.28. The van der Waals surface area contributed by atoms with Gasteiger partial charge in [0.15, 0.2) is 0 Å². The average Bonchev–Trinajstić information content (AvgIpc) is 2.67. The van der Waals surface area contributed by atoms with Gasteiger partial charge in [-0.15, -0.1) is 0 Å². The molecule has 0 aromatic rings. The fourth-order valence-corrected chi connectivity index (χ4v) is 2.24. The third kappa shape index (κ3) is 11.6. The van der Waals surface area contributed by atoms with Crippen molar-refractivity contribution in [2.45, 2.75) is 50.2 Å². The highest BCUT2D eigenvalue weighted by Crippen LogP contribution is 2.04. The molecular weight excluding hydrogens is 388 g/mol. The number of carbonyl (C=O) groups excluding carboxylic acids is 4.